The summed E-state index contributed by atoms with van der Waals surface area (Å²) in [5.41, 5.74) is 1.25. The van der Waals surface area contributed by atoms with Crippen LogP contribution in [0.1, 0.15) is 24.8 Å². The maximum atomic E-state index is 5.64. The third-order valence-electron chi connectivity index (χ3n) is 5.04. The number of benzene rings is 1. The van der Waals surface area contributed by atoms with Crippen molar-refractivity contribution in [3.05, 3.63) is 23.8 Å². The zero-order valence-electron chi connectivity index (χ0n) is 12.8. The van der Waals surface area contributed by atoms with Crippen LogP contribution in [0, 0.1) is 5.92 Å². The van der Waals surface area contributed by atoms with Crippen molar-refractivity contribution in [2.24, 2.45) is 5.92 Å². The SMILES string of the molecule is c1cc2c(cc1CNC1CCCC1C1COCCN1)OCO2. The molecule has 5 heteroatoms. The number of hydrogen-bond donors (Lipinski definition) is 2. The lowest BCUT2D eigenvalue weighted by Crippen LogP contribution is -2.50. The Labute approximate surface area is 131 Å². The fourth-order valence-electron chi connectivity index (χ4n) is 3.88. The van der Waals surface area contributed by atoms with Crippen molar-refractivity contribution in [1.82, 2.24) is 10.6 Å². The van der Waals surface area contributed by atoms with Crippen molar-refractivity contribution in [2.45, 2.75) is 37.9 Å². The Morgan fingerprint density at radius 2 is 2.14 bits per heavy atom. The maximum absolute atomic E-state index is 5.64. The van der Waals surface area contributed by atoms with Gasteiger partial charge in [0.15, 0.2) is 11.5 Å². The Balaban J connectivity index is 1.36. The molecule has 2 aliphatic heterocycles. The predicted octanol–water partition coefficient (Wildman–Crippen LogP) is 1.66. The average Bonchev–Trinajstić information content (AvgIpc) is 3.22. The Kier molecular flexibility index (Phi) is 4.19. The molecule has 3 unspecified atom stereocenters. The molecule has 2 N–H and O–H groups in total. The molecule has 0 spiro atoms. The normalized spacial score (nSPS) is 30.6. The molecule has 22 heavy (non-hydrogen) atoms. The van der Waals surface area contributed by atoms with Gasteiger partial charge in [-0.15, -0.1) is 0 Å². The Bertz CT molecular complexity index is 517. The summed E-state index contributed by atoms with van der Waals surface area (Å²) in [4.78, 5) is 0. The van der Waals surface area contributed by atoms with Gasteiger partial charge in [0.05, 0.1) is 13.2 Å². The molecule has 0 bridgehead atoms. The van der Waals surface area contributed by atoms with Crippen molar-refractivity contribution in [3.63, 3.8) is 0 Å². The molecule has 2 heterocycles. The van der Waals surface area contributed by atoms with Crippen LogP contribution in [0.2, 0.25) is 0 Å². The predicted molar refractivity (Wildman–Crippen MR) is 83.1 cm³/mol. The largest absolute Gasteiger partial charge is 0.454 e. The van der Waals surface area contributed by atoms with Crippen molar-refractivity contribution in [1.29, 1.82) is 0 Å². The van der Waals surface area contributed by atoms with Crippen LogP contribution in [-0.2, 0) is 11.3 Å². The minimum atomic E-state index is 0.338. The van der Waals surface area contributed by atoms with Gasteiger partial charge in [0.25, 0.3) is 0 Å². The monoisotopic (exact) mass is 304 g/mol. The third-order valence-corrected chi connectivity index (χ3v) is 5.04. The highest BCUT2D eigenvalue weighted by Crippen LogP contribution is 2.33. The quantitative estimate of drug-likeness (QED) is 0.886. The summed E-state index contributed by atoms with van der Waals surface area (Å²) < 4.78 is 16.4. The van der Waals surface area contributed by atoms with E-state index in [0.29, 0.717) is 24.8 Å². The van der Waals surface area contributed by atoms with E-state index in [1.807, 2.05) is 6.07 Å². The highest BCUT2D eigenvalue weighted by molar-refractivity contribution is 5.44. The van der Waals surface area contributed by atoms with Gasteiger partial charge in [-0.25, -0.2) is 0 Å². The van der Waals surface area contributed by atoms with Crippen LogP contribution in [0.5, 0.6) is 11.5 Å². The second-order valence-electron chi connectivity index (χ2n) is 6.41. The van der Waals surface area contributed by atoms with Gasteiger partial charge in [0.1, 0.15) is 0 Å². The second kappa shape index (κ2) is 6.44. The van der Waals surface area contributed by atoms with Crippen molar-refractivity contribution in [2.75, 3.05) is 26.6 Å². The van der Waals surface area contributed by atoms with Gasteiger partial charge in [-0.1, -0.05) is 12.5 Å². The number of hydrogen-bond acceptors (Lipinski definition) is 5. The Morgan fingerprint density at radius 3 is 3.05 bits per heavy atom. The molecule has 1 saturated carbocycles. The molecule has 1 aliphatic carbocycles. The summed E-state index contributed by atoms with van der Waals surface area (Å²) >= 11 is 0. The van der Waals surface area contributed by atoms with Crippen LogP contribution in [-0.4, -0.2) is 38.6 Å². The summed E-state index contributed by atoms with van der Waals surface area (Å²) in [5, 5.41) is 7.37. The van der Waals surface area contributed by atoms with E-state index in [4.69, 9.17) is 14.2 Å². The van der Waals surface area contributed by atoms with E-state index in [2.05, 4.69) is 22.8 Å². The zero-order chi connectivity index (χ0) is 14.8. The Hall–Kier alpha value is -1.30. The van der Waals surface area contributed by atoms with Gasteiger partial charge >= 0.3 is 0 Å². The lowest BCUT2D eigenvalue weighted by atomic mass is 9.94. The first-order valence-corrected chi connectivity index (χ1v) is 8.33. The molecular formula is C17H24N2O3. The maximum Gasteiger partial charge on any atom is 0.231 e. The van der Waals surface area contributed by atoms with E-state index < -0.39 is 0 Å². The van der Waals surface area contributed by atoms with Crippen LogP contribution in [0.4, 0.5) is 0 Å². The number of nitrogens with one attached hydrogen (secondary N) is 2. The molecule has 5 nitrogen and oxygen atoms in total. The van der Waals surface area contributed by atoms with E-state index >= 15 is 0 Å². The molecule has 0 amide bonds. The van der Waals surface area contributed by atoms with E-state index in [1.54, 1.807) is 0 Å². The summed E-state index contributed by atoms with van der Waals surface area (Å²) in [6.45, 7) is 3.90. The van der Waals surface area contributed by atoms with Crippen LogP contribution in [0.25, 0.3) is 0 Å². The van der Waals surface area contributed by atoms with E-state index in [1.165, 1.54) is 24.8 Å². The van der Waals surface area contributed by atoms with E-state index in [9.17, 15) is 0 Å². The highest BCUT2D eigenvalue weighted by Gasteiger charge is 2.34. The van der Waals surface area contributed by atoms with Crippen molar-refractivity contribution in [3.8, 4) is 11.5 Å². The highest BCUT2D eigenvalue weighted by atomic mass is 16.7. The summed E-state index contributed by atoms with van der Waals surface area (Å²) in [7, 11) is 0. The fraction of sp³-hybridized carbons (Fsp3) is 0.647. The molecule has 1 saturated heterocycles. The number of fused-ring (bicyclic) bond motifs is 1. The van der Waals surface area contributed by atoms with Crippen molar-refractivity contribution < 1.29 is 14.2 Å². The minimum absolute atomic E-state index is 0.338. The van der Waals surface area contributed by atoms with Gasteiger partial charge in [-0.05, 0) is 36.5 Å². The first-order chi connectivity index (χ1) is 10.9. The standard InChI is InChI=1S/C17H24N2O3/c1-2-13(15-10-20-7-6-18-15)14(3-1)19-9-12-4-5-16-17(8-12)22-11-21-16/h4-5,8,13-15,18-19H,1-3,6-7,9-11H2. The summed E-state index contributed by atoms with van der Waals surface area (Å²) in [5.74, 6) is 2.39. The first kappa shape index (κ1) is 14.3. The van der Waals surface area contributed by atoms with Crippen molar-refractivity contribution >= 4 is 0 Å². The molecule has 120 valence electrons. The number of morpholine rings is 1. The molecule has 4 rings (SSSR count). The van der Waals surface area contributed by atoms with Gasteiger partial charge < -0.3 is 24.8 Å². The molecule has 2 fully saturated rings. The van der Waals surface area contributed by atoms with Gasteiger partial charge in [0.2, 0.25) is 6.79 Å². The third kappa shape index (κ3) is 2.93. The minimum Gasteiger partial charge on any atom is -0.454 e. The molecule has 1 aromatic carbocycles. The van der Waals surface area contributed by atoms with E-state index in [0.717, 1.165) is 37.8 Å². The molecule has 1 aromatic rings. The number of rotatable bonds is 4. The van der Waals surface area contributed by atoms with Gasteiger partial charge in [-0.2, -0.15) is 0 Å². The summed E-state index contributed by atoms with van der Waals surface area (Å²) in [6.07, 6.45) is 3.86. The average molecular weight is 304 g/mol. The van der Waals surface area contributed by atoms with Gasteiger partial charge in [-0.3, -0.25) is 0 Å². The molecule has 0 radical (unpaired) electrons. The summed E-state index contributed by atoms with van der Waals surface area (Å²) in [6, 6.07) is 7.28. The molecule has 0 aromatic heterocycles. The van der Waals surface area contributed by atoms with Crippen LogP contribution >= 0.6 is 0 Å². The molecular weight excluding hydrogens is 280 g/mol. The van der Waals surface area contributed by atoms with Crippen LogP contribution in [0.3, 0.4) is 0 Å². The molecule has 3 aliphatic rings. The van der Waals surface area contributed by atoms with Gasteiger partial charge in [0, 0.05) is 25.2 Å². The lowest BCUT2D eigenvalue weighted by molar-refractivity contribution is 0.0524. The zero-order valence-corrected chi connectivity index (χ0v) is 12.8. The van der Waals surface area contributed by atoms with Crippen LogP contribution < -0.4 is 20.1 Å². The smallest absolute Gasteiger partial charge is 0.231 e. The fourth-order valence-corrected chi connectivity index (χ4v) is 3.88. The lowest BCUT2D eigenvalue weighted by Gasteiger charge is -2.33. The Morgan fingerprint density at radius 1 is 1.18 bits per heavy atom. The first-order valence-electron chi connectivity index (χ1n) is 8.33. The number of ether oxygens (including phenoxy) is 3. The molecule has 3 atom stereocenters. The van der Waals surface area contributed by atoms with E-state index in [-0.39, 0.29) is 0 Å². The topological polar surface area (TPSA) is 51.8 Å². The van der Waals surface area contributed by atoms with Crippen LogP contribution in [0.15, 0.2) is 18.2 Å². The second-order valence-corrected chi connectivity index (χ2v) is 6.41.